The van der Waals surface area contributed by atoms with Gasteiger partial charge >= 0.3 is 0 Å². The summed E-state index contributed by atoms with van der Waals surface area (Å²) in [6, 6.07) is 11.2. The smallest absolute Gasteiger partial charge is 0.129 e. The van der Waals surface area contributed by atoms with Gasteiger partial charge in [-0.15, -0.1) is 0 Å². The van der Waals surface area contributed by atoms with E-state index >= 15 is 0 Å². The van der Waals surface area contributed by atoms with E-state index in [1.54, 1.807) is 18.2 Å². The molecule has 2 nitrogen and oxygen atoms in total. The Balaban J connectivity index is 1.69. The molecule has 2 aromatic rings. The van der Waals surface area contributed by atoms with Gasteiger partial charge in [0.05, 0.1) is 12.7 Å². The van der Waals surface area contributed by atoms with Gasteiger partial charge in [-0.1, -0.05) is 24.3 Å². The number of hydrogen-bond acceptors (Lipinski definition) is 2. The van der Waals surface area contributed by atoms with Crippen LogP contribution in [0.15, 0.2) is 42.5 Å². The number of benzene rings is 2. The largest absolute Gasteiger partial charge is 0.373 e. The highest BCUT2D eigenvalue weighted by atomic mass is 19.1. The van der Waals surface area contributed by atoms with Crippen LogP contribution in [0.3, 0.4) is 0 Å². The summed E-state index contributed by atoms with van der Waals surface area (Å²) < 4.78 is 32.6. The molecule has 0 saturated heterocycles. The third-order valence-corrected chi connectivity index (χ3v) is 3.84. The van der Waals surface area contributed by atoms with Crippen LogP contribution < -0.4 is 5.73 Å². The average molecular weight is 289 g/mol. The lowest BCUT2D eigenvalue weighted by molar-refractivity contribution is -0.0198. The second kappa shape index (κ2) is 5.92. The van der Waals surface area contributed by atoms with Crippen molar-refractivity contribution in [2.45, 2.75) is 31.6 Å². The molecule has 21 heavy (non-hydrogen) atoms. The highest BCUT2D eigenvalue weighted by Crippen LogP contribution is 2.25. The molecular formula is C17H17F2NO. The Morgan fingerprint density at radius 2 is 1.67 bits per heavy atom. The van der Waals surface area contributed by atoms with E-state index in [4.69, 9.17) is 10.5 Å². The number of rotatable bonds is 4. The fourth-order valence-corrected chi connectivity index (χ4v) is 2.44. The van der Waals surface area contributed by atoms with E-state index in [0.29, 0.717) is 5.56 Å². The molecule has 1 aliphatic rings. The van der Waals surface area contributed by atoms with Crippen molar-refractivity contribution in [2.24, 2.45) is 5.73 Å². The summed E-state index contributed by atoms with van der Waals surface area (Å²) in [4.78, 5) is 0. The normalized spacial score (nSPS) is 21.1. The van der Waals surface area contributed by atoms with Crippen LogP contribution in [0.2, 0.25) is 0 Å². The van der Waals surface area contributed by atoms with Crippen molar-refractivity contribution >= 4 is 0 Å². The summed E-state index contributed by atoms with van der Waals surface area (Å²) in [7, 11) is 0. The van der Waals surface area contributed by atoms with Crippen LogP contribution in [-0.4, -0.2) is 12.1 Å². The Kier molecular flexibility index (Phi) is 3.99. The molecule has 0 aromatic heterocycles. The van der Waals surface area contributed by atoms with E-state index in [1.165, 1.54) is 18.2 Å². The van der Waals surface area contributed by atoms with Gasteiger partial charge in [0.15, 0.2) is 0 Å². The van der Waals surface area contributed by atoms with Gasteiger partial charge in [-0.2, -0.15) is 0 Å². The molecule has 0 spiro atoms. The summed E-state index contributed by atoms with van der Waals surface area (Å²) >= 11 is 0. The van der Waals surface area contributed by atoms with Crippen LogP contribution in [0.4, 0.5) is 8.78 Å². The van der Waals surface area contributed by atoms with Crippen molar-refractivity contribution in [2.75, 3.05) is 0 Å². The van der Waals surface area contributed by atoms with Crippen LogP contribution in [0.5, 0.6) is 0 Å². The van der Waals surface area contributed by atoms with Crippen LogP contribution in [0.25, 0.3) is 11.1 Å². The molecule has 3 rings (SSSR count). The minimum atomic E-state index is -0.305. The Labute approximate surface area is 122 Å². The lowest BCUT2D eigenvalue weighted by atomic mass is 9.90. The van der Waals surface area contributed by atoms with Crippen LogP contribution >= 0.6 is 0 Å². The number of hydrogen-bond donors (Lipinski definition) is 1. The molecule has 0 atom stereocenters. The molecule has 1 aliphatic carbocycles. The molecule has 2 N–H and O–H groups in total. The van der Waals surface area contributed by atoms with E-state index in [2.05, 4.69) is 0 Å². The maximum absolute atomic E-state index is 14.1. The van der Waals surface area contributed by atoms with E-state index in [1.807, 2.05) is 6.07 Å². The minimum absolute atomic E-state index is 0.149. The van der Waals surface area contributed by atoms with Gasteiger partial charge in [-0.3, -0.25) is 0 Å². The van der Waals surface area contributed by atoms with Gasteiger partial charge in [0.2, 0.25) is 0 Å². The molecule has 0 aliphatic heterocycles. The van der Waals surface area contributed by atoms with Crippen molar-refractivity contribution < 1.29 is 13.5 Å². The minimum Gasteiger partial charge on any atom is -0.373 e. The topological polar surface area (TPSA) is 35.2 Å². The van der Waals surface area contributed by atoms with E-state index in [-0.39, 0.29) is 30.4 Å². The molecule has 1 fully saturated rings. The first-order chi connectivity index (χ1) is 10.1. The molecule has 0 radical (unpaired) electrons. The summed E-state index contributed by atoms with van der Waals surface area (Å²) in [5, 5.41) is 0. The van der Waals surface area contributed by atoms with Gasteiger partial charge in [0.1, 0.15) is 11.6 Å². The number of nitrogens with two attached hydrogens (primary N) is 1. The molecule has 0 unspecified atom stereocenters. The molecule has 0 heterocycles. The van der Waals surface area contributed by atoms with Gasteiger partial charge in [-0.25, -0.2) is 8.78 Å². The predicted octanol–water partition coefficient (Wildman–Crippen LogP) is 3.64. The SMILES string of the molecule is NC1CC(OCc2ccc(-c3ccc(F)cc3)cc2F)C1. The first kappa shape index (κ1) is 14.2. The predicted molar refractivity (Wildman–Crippen MR) is 77.6 cm³/mol. The zero-order valence-electron chi connectivity index (χ0n) is 11.6. The zero-order valence-corrected chi connectivity index (χ0v) is 11.6. The Morgan fingerprint density at radius 1 is 1.00 bits per heavy atom. The first-order valence-corrected chi connectivity index (χ1v) is 7.03. The Bertz CT molecular complexity index is 621. The van der Waals surface area contributed by atoms with Gasteiger partial charge < -0.3 is 10.5 Å². The van der Waals surface area contributed by atoms with Crippen LogP contribution in [0.1, 0.15) is 18.4 Å². The highest BCUT2D eigenvalue weighted by Gasteiger charge is 2.26. The summed E-state index contributed by atoms with van der Waals surface area (Å²) in [6.45, 7) is 0.257. The van der Waals surface area contributed by atoms with Crippen molar-refractivity contribution in [1.82, 2.24) is 0 Å². The zero-order chi connectivity index (χ0) is 14.8. The lowest BCUT2D eigenvalue weighted by Gasteiger charge is -2.32. The van der Waals surface area contributed by atoms with Crippen molar-refractivity contribution in [3.05, 3.63) is 59.7 Å². The third kappa shape index (κ3) is 3.28. The number of halogens is 2. The third-order valence-electron chi connectivity index (χ3n) is 3.84. The molecule has 0 bridgehead atoms. The van der Waals surface area contributed by atoms with Crippen molar-refractivity contribution in [1.29, 1.82) is 0 Å². The van der Waals surface area contributed by atoms with E-state index < -0.39 is 0 Å². The lowest BCUT2D eigenvalue weighted by Crippen LogP contribution is -2.41. The summed E-state index contributed by atoms with van der Waals surface area (Å²) in [5.74, 6) is -0.608. The molecule has 110 valence electrons. The highest BCUT2D eigenvalue weighted by molar-refractivity contribution is 5.63. The van der Waals surface area contributed by atoms with Crippen LogP contribution in [-0.2, 0) is 11.3 Å². The average Bonchev–Trinajstić information content (AvgIpc) is 2.44. The summed E-state index contributed by atoms with van der Waals surface area (Å²) in [5.41, 5.74) is 7.72. The second-order valence-electron chi connectivity index (χ2n) is 5.48. The fraction of sp³-hybridized carbons (Fsp3) is 0.294. The van der Waals surface area contributed by atoms with E-state index in [9.17, 15) is 8.78 Å². The van der Waals surface area contributed by atoms with E-state index in [0.717, 1.165) is 24.0 Å². The molecule has 2 aromatic carbocycles. The molecule has 1 saturated carbocycles. The van der Waals surface area contributed by atoms with Gasteiger partial charge in [0.25, 0.3) is 0 Å². The maximum Gasteiger partial charge on any atom is 0.129 e. The Morgan fingerprint density at radius 3 is 2.29 bits per heavy atom. The van der Waals surface area contributed by atoms with Crippen LogP contribution in [0, 0.1) is 11.6 Å². The Hall–Kier alpha value is -1.78. The molecular weight excluding hydrogens is 272 g/mol. The fourth-order valence-electron chi connectivity index (χ4n) is 2.44. The standard InChI is InChI=1S/C17H17F2NO/c18-14-5-3-11(4-6-14)12-1-2-13(17(19)7-12)10-21-16-8-15(20)9-16/h1-7,15-16H,8-10,20H2. The number of ether oxygens (including phenoxy) is 1. The first-order valence-electron chi connectivity index (χ1n) is 7.03. The second-order valence-corrected chi connectivity index (χ2v) is 5.48. The van der Waals surface area contributed by atoms with Gasteiger partial charge in [0, 0.05) is 11.6 Å². The van der Waals surface area contributed by atoms with Crippen molar-refractivity contribution in [3.63, 3.8) is 0 Å². The van der Waals surface area contributed by atoms with Crippen molar-refractivity contribution in [3.8, 4) is 11.1 Å². The maximum atomic E-state index is 14.1. The molecule has 4 heteroatoms. The van der Waals surface area contributed by atoms with Gasteiger partial charge in [-0.05, 0) is 42.2 Å². The quantitative estimate of drug-likeness (QED) is 0.932. The monoisotopic (exact) mass is 289 g/mol. The molecule has 0 amide bonds. The summed E-state index contributed by atoms with van der Waals surface area (Å²) in [6.07, 6.45) is 1.83.